The van der Waals surface area contributed by atoms with Gasteiger partial charge in [-0.15, -0.1) is 11.3 Å². The second-order valence-electron chi connectivity index (χ2n) is 7.67. The Morgan fingerprint density at radius 1 is 1.21 bits per heavy atom. The fourth-order valence-corrected chi connectivity index (χ4v) is 3.13. The van der Waals surface area contributed by atoms with E-state index in [0.717, 1.165) is 35.8 Å². The molecule has 156 valence electrons. The maximum Gasteiger partial charge on any atom is 0.120 e. The van der Waals surface area contributed by atoms with Crippen LogP contribution in [0.25, 0.3) is 10.4 Å². The summed E-state index contributed by atoms with van der Waals surface area (Å²) < 4.78 is 11.6. The summed E-state index contributed by atoms with van der Waals surface area (Å²) in [5.74, 6) is 7.18. The van der Waals surface area contributed by atoms with Crippen LogP contribution >= 0.6 is 11.3 Å². The van der Waals surface area contributed by atoms with Crippen molar-refractivity contribution < 1.29 is 9.47 Å². The molecule has 0 aliphatic heterocycles. The fourth-order valence-electron chi connectivity index (χ4n) is 2.51. The van der Waals surface area contributed by atoms with Gasteiger partial charge in [-0.1, -0.05) is 37.0 Å². The highest BCUT2D eigenvalue weighted by Crippen LogP contribution is 2.26. The summed E-state index contributed by atoms with van der Waals surface area (Å²) in [6.45, 7) is 13.1. The van der Waals surface area contributed by atoms with Gasteiger partial charge in [-0.05, 0) is 51.1 Å². The van der Waals surface area contributed by atoms with Gasteiger partial charge < -0.3 is 9.47 Å². The topological polar surface area (TPSA) is 34.6 Å². The Balaban J connectivity index is 1.62. The lowest BCUT2D eigenvalue weighted by Crippen LogP contribution is -2.28. The van der Waals surface area contributed by atoms with E-state index in [0.29, 0.717) is 19.8 Å². The molecule has 0 aliphatic rings. The van der Waals surface area contributed by atoms with Gasteiger partial charge in [0.1, 0.15) is 12.4 Å². The van der Waals surface area contributed by atoms with Crippen LogP contribution in [0.2, 0.25) is 0 Å². The zero-order valence-electron chi connectivity index (χ0n) is 18.0. The van der Waals surface area contributed by atoms with E-state index in [1.54, 1.807) is 11.3 Å². The van der Waals surface area contributed by atoms with Crippen molar-refractivity contribution in [2.75, 3.05) is 39.5 Å². The van der Waals surface area contributed by atoms with Crippen LogP contribution in [0.15, 0.2) is 48.1 Å². The van der Waals surface area contributed by atoms with Crippen molar-refractivity contribution >= 4 is 11.3 Å². The molecule has 1 heterocycles. The predicted molar refractivity (Wildman–Crippen MR) is 122 cm³/mol. The minimum Gasteiger partial charge on any atom is -0.491 e. The maximum absolute atomic E-state index is 5.82. The number of likely N-dealkylation sites (N-methyl/N-ethyl adjacent to an activating group) is 1. The molecule has 4 nitrogen and oxygen atoms in total. The van der Waals surface area contributed by atoms with Crippen molar-refractivity contribution in [2.24, 2.45) is 5.41 Å². The SMILES string of the molecule is CCN(CC=CC#CC(C)(C)C)CCOCCOc1cccc(-c2cncs2)c1. The van der Waals surface area contributed by atoms with Crippen molar-refractivity contribution in [1.29, 1.82) is 0 Å². The summed E-state index contributed by atoms with van der Waals surface area (Å²) >= 11 is 1.63. The molecule has 0 spiro atoms. The lowest BCUT2D eigenvalue weighted by atomic mass is 9.98. The van der Waals surface area contributed by atoms with Gasteiger partial charge in [-0.2, -0.15) is 0 Å². The van der Waals surface area contributed by atoms with Crippen molar-refractivity contribution in [1.82, 2.24) is 9.88 Å². The van der Waals surface area contributed by atoms with Gasteiger partial charge in [0, 0.05) is 24.7 Å². The van der Waals surface area contributed by atoms with Gasteiger partial charge in [0.25, 0.3) is 0 Å². The monoisotopic (exact) mass is 412 g/mol. The van der Waals surface area contributed by atoms with Crippen LogP contribution in [0.4, 0.5) is 0 Å². The van der Waals surface area contributed by atoms with Crippen molar-refractivity contribution in [3.05, 3.63) is 48.1 Å². The van der Waals surface area contributed by atoms with Crippen molar-refractivity contribution in [3.8, 4) is 28.0 Å². The molecule has 0 unspecified atom stereocenters. The number of benzene rings is 1. The number of hydrogen-bond donors (Lipinski definition) is 0. The largest absolute Gasteiger partial charge is 0.491 e. The van der Waals surface area contributed by atoms with Gasteiger partial charge in [-0.25, -0.2) is 0 Å². The quantitative estimate of drug-likeness (QED) is 0.378. The third-order valence-corrected chi connectivity index (χ3v) is 4.88. The number of allylic oxidation sites excluding steroid dienone is 1. The summed E-state index contributed by atoms with van der Waals surface area (Å²) in [5.41, 5.74) is 3.02. The zero-order chi connectivity index (χ0) is 21.0. The molecule has 0 saturated carbocycles. The zero-order valence-corrected chi connectivity index (χ0v) is 18.8. The average molecular weight is 413 g/mol. The van der Waals surface area contributed by atoms with Crippen LogP contribution in [0.5, 0.6) is 5.75 Å². The first-order valence-corrected chi connectivity index (χ1v) is 11.0. The third kappa shape index (κ3) is 9.76. The highest BCUT2D eigenvalue weighted by molar-refractivity contribution is 7.13. The van der Waals surface area contributed by atoms with E-state index >= 15 is 0 Å². The van der Waals surface area contributed by atoms with Crippen LogP contribution in [0.1, 0.15) is 27.7 Å². The molecule has 29 heavy (non-hydrogen) atoms. The summed E-state index contributed by atoms with van der Waals surface area (Å²) in [5, 5.41) is 0. The lowest BCUT2D eigenvalue weighted by molar-refractivity contribution is 0.0832. The highest BCUT2D eigenvalue weighted by Gasteiger charge is 2.03. The van der Waals surface area contributed by atoms with Gasteiger partial charge in [-0.3, -0.25) is 9.88 Å². The molecule has 2 aromatic rings. The Morgan fingerprint density at radius 3 is 2.79 bits per heavy atom. The Morgan fingerprint density at radius 2 is 2.07 bits per heavy atom. The van der Waals surface area contributed by atoms with Gasteiger partial charge in [0.15, 0.2) is 0 Å². The van der Waals surface area contributed by atoms with E-state index in [1.807, 2.05) is 36.0 Å². The molecule has 0 bridgehead atoms. The van der Waals surface area contributed by atoms with Crippen molar-refractivity contribution in [2.45, 2.75) is 27.7 Å². The molecule has 0 fully saturated rings. The second kappa shape index (κ2) is 12.4. The number of rotatable bonds is 11. The molecule has 5 heteroatoms. The van der Waals surface area contributed by atoms with E-state index in [2.05, 4.69) is 61.6 Å². The van der Waals surface area contributed by atoms with E-state index in [-0.39, 0.29) is 5.41 Å². The standard InChI is InChI=1S/C24H32N2O2S/c1-5-26(13-8-6-7-12-24(2,3)4)14-15-27-16-17-28-22-11-9-10-21(18-22)23-19-25-20-29-23/h6,8-11,18-20H,5,13-17H2,1-4H3. The van der Waals surface area contributed by atoms with Gasteiger partial charge in [0.05, 0.1) is 23.6 Å². The van der Waals surface area contributed by atoms with Crippen LogP contribution in [0.3, 0.4) is 0 Å². The Bertz CT molecular complexity index is 798. The molecule has 2 rings (SSSR count). The third-order valence-electron chi connectivity index (χ3n) is 4.06. The fraction of sp³-hybridized carbons (Fsp3) is 0.458. The number of aromatic nitrogens is 1. The lowest BCUT2D eigenvalue weighted by Gasteiger charge is -2.18. The second-order valence-corrected chi connectivity index (χ2v) is 8.56. The first kappa shape index (κ1) is 23.2. The first-order valence-electron chi connectivity index (χ1n) is 10.1. The molecule has 1 aromatic heterocycles. The van der Waals surface area contributed by atoms with Gasteiger partial charge >= 0.3 is 0 Å². The minimum absolute atomic E-state index is 0.0488. The van der Waals surface area contributed by atoms with Crippen molar-refractivity contribution in [3.63, 3.8) is 0 Å². The molecule has 0 amide bonds. The Labute approximate surface area is 179 Å². The first-order chi connectivity index (χ1) is 14.0. The smallest absolute Gasteiger partial charge is 0.120 e. The molecular weight excluding hydrogens is 380 g/mol. The van der Waals surface area contributed by atoms with E-state index < -0.39 is 0 Å². The highest BCUT2D eigenvalue weighted by atomic mass is 32.1. The molecule has 0 aliphatic carbocycles. The number of thiazole rings is 1. The summed E-state index contributed by atoms with van der Waals surface area (Å²) in [7, 11) is 0. The Hall–Kier alpha value is -2.13. The maximum atomic E-state index is 5.82. The number of ether oxygens (including phenoxy) is 2. The molecule has 0 radical (unpaired) electrons. The van der Waals surface area contributed by atoms with Crippen LogP contribution in [-0.4, -0.2) is 49.3 Å². The molecule has 0 atom stereocenters. The summed E-state index contributed by atoms with van der Waals surface area (Å²) in [6.07, 6.45) is 5.93. The summed E-state index contributed by atoms with van der Waals surface area (Å²) in [6, 6.07) is 8.09. The Kier molecular flexibility index (Phi) is 9.93. The van der Waals surface area contributed by atoms with E-state index in [4.69, 9.17) is 9.47 Å². The molecular formula is C24H32N2O2S. The average Bonchev–Trinajstić information content (AvgIpc) is 3.23. The number of hydrogen-bond acceptors (Lipinski definition) is 5. The molecule has 0 saturated heterocycles. The normalized spacial score (nSPS) is 11.6. The number of nitrogens with zero attached hydrogens (tertiary/aromatic N) is 2. The minimum atomic E-state index is 0.0488. The van der Waals surface area contributed by atoms with Crippen LogP contribution < -0.4 is 4.74 Å². The van der Waals surface area contributed by atoms with E-state index in [9.17, 15) is 0 Å². The van der Waals surface area contributed by atoms with E-state index in [1.165, 1.54) is 0 Å². The van der Waals surface area contributed by atoms with Crippen LogP contribution in [-0.2, 0) is 4.74 Å². The van der Waals surface area contributed by atoms with Crippen LogP contribution in [0, 0.1) is 17.3 Å². The predicted octanol–water partition coefficient (Wildman–Crippen LogP) is 5.13. The molecule has 0 N–H and O–H groups in total. The summed E-state index contributed by atoms with van der Waals surface area (Å²) in [4.78, 5) is 7.60. The molecule has 1 aromatic carbocycles. The van der Waals surface area contributed by atoms with Gasteiger partial charge in [0.2, 0.25) is 0 Å².